The highest BCUT2D eigenvalue weighted by Crippen LogP contribution is 2.23. The number of hydrogen-bond acceptors (Lipinski definition) is 4. The van der Waals surface area contributed by atoms with Crippen LogP contribution in [-0.2, 0) is 19.1 Å². The van der Waals surface area contributed by atoms with Gasteiger partial charge >= 0.3 is 11.9 Å². The Morgan fingerprint density at radius 3 is 2.00 bits per heavy atom. The SMILES string of the molecule is CCCC(=O)OCC(CC(C)(C)C)OC(=O)CCC. The molecule has 0 aliphatic rings. The summed E-state index contributed by atoms with van der Waals surface area (Å²) >= 11 is 0. The summed E-state index contributed by atoms with van der Waals surface area (Å²) in [4.78, 5) is 22.9. The summed E-state index contributed by atoms with van der Waals surface area (Å²) < 4.78 is 10.5. The molecule has 0 spiro atoms. The van der Waals surface area contributed by atoms with Crippen molar-refractivity contribution < 1.29 is 19.1 Å². The van der Waals surface area contributed by atoms with Crippen LogP contribution in [0.2, 0.25) is 0 Å². The van der Waals surface area contributed by atoms with Crippen LogP contribution in [0.3, 0.4) is 0 Å². The normalized spacial score (nSPS) is 12.9. The van der Waals surface area contributed by atoms with Crippen LogP contribution in [-0.4, -0.2) is 24.6 Å². The van der Waals surface area contributed by atoms with E-state index in [0.29, 0.717) is 19.3 Å². The fraction of sp³-hybridized carbons (Fsp3) is 0.867. The van der Waals surface area contributed by atoms with Gasteiger partial charge in [0, 0.05) is 12.8 Å². The van der Waals surface area contributed by atoms with Gasteiger partial charge in [-0.3, -0.25) is 9.59 Å². The largest absolute Gasteiger partial charge is 0.462 e. The highest BCUT2D eigenvalue weighted by molar-refractivity contribution is 5.70. The highest BCUT2D eigenvalue weighted by Gasteiger charge is 2.23. The number of rotatable bonds is 8. The number of esters is 2. The Morgan fingerprint density at radius 1 is 1.00 bits per heavy atom. The molecule has 0 rings (SSSR count). The van der Waals surface area contributed by atoms with Crippen molar-refractivity contribution in [2.24, 2.45) is 5.41 Å². The zero-order valence-electron chi connectivity index (χ0n) is 13.0. The first-order valence-corrected chi connectivity index (χ1v) is 7.13. The van der Waals surface area contributed by atoms with Crippen LogP contribution in [0, 0.1) is 5.41 Å². The molecular weight excluding hydrogens is 244 g/mol. The molecule has 0 bridgehead atoms. The Kier molecular flexibility index (Phi) is 8.44. The monoisotopic (exact) mass is 272 g/mol. The molecule has 4 nitrogen and oxygen atoms in total. The van der Waals surface area contributed by atoms with Gasteiger partial charge in [-0.1, -0.05) is 34.6 Å². The van der Waals surface area contributed by atoms with E-state index >= 15 is 0 Å². The minimum absolute atomic E-state index is 0.0221. The maximum absolute atomic E-state index is 11.5. The van der Waals surface area contributed by atoms with E-state index in [2.05, 4.69) is 20.8 Å². The maximum atomic E-state index is 11.5. The van der Waals surface area contributed by atoms with E-state index in [9.17, 15) is 9.59 Å². The molecule has 0 saturated heterocycles. The van der Waals surface area contributed by atoms with Crippen molar-refractivity contribution in [3.63, 3.8) is 0 Å². The maximum Gasteiger partial charge on any atom is 0.306 e. The van der Waals surface area contributed by atoms with Crippen LogP contribution in [0.5, 0.6) is 0 Å². The van der Waals surface area contributed by atoms with E-state index in [1.165, 1.54) is 0 Å². The van der Waals surface area contributed by atoms with Crippen molar-refractivity contribution in [3.05, 3.63) is 0 Å². The molecule has 112 valence electrons. The van der Waals surface area contributed by atoms with Gasteiger partial charge in [-0.25, -0.2) is 0 Å². The molecular formula is C15H28O4. The van der Waals surface area contributed by atoms with Crippen LogP contribution in [0.1, 0.15) is 66.7 Å². The molecule has 19 heavy (non-hydrogen) atoms. The Balaban J connectivity index is 4.33. The lowest BCUT2D eigenvalue weighted by Crippen LogP contribution is -2.29. The average Bonchev–Trinajstić information content (AvgIpc) is 2.24. The summed E-state index contributed by atoms with van der Waals surface area (Å²) in [7, 11) is 0. The molecule has 0 aromatic carbocycles. The second kappa shape index (κ2) is 8.94. The molecule has 0 N–H and O–H groups in total. The van der Waals surface area contributed by atoms with E-state index in [4.69, 9.17) is 9.47 Å². The summed E-state index contributed by atoms with van der Waals surface area (Å²) in [6, 6.07) is 0. The molecule has 0 saturated carbocycles. The van der Waals surface area contributed by atoms with Gasteiger partial charge in [-0.15, -0.1) is 0 Å². The number of ether oxygens (including phenoxy) is 2. The summed E-state index contributed by atoms with van der Waals surface area (Å²) in [5, 5.41) is 0. The van der Waals surface area contributed by atoms with Crippen LogP contribution in [0.15, 0.2) is 0 Å². The van der Waals surface area contributed by atoms with Gasteiger partial charge in [0.1, 0.15) is 12.7 Å². The van der Waals surface area contributed by atoms with Gasteiger partial charge in [0.2, 0.25) is 0 Å². The second-order valence-corrected chi connectivity index (χ2v) is 6.06. The molecule has 0 radical (unpaired) electrons. The fourth-order valence-electron chi connectivity index (χ4n) is 1.73. The Morgan fingerprint density at radius 2 is 1.53 bits per heavy atom. The number of hydrogen-bond donors (Lipinski definition) is 0. The van der Waals surface area contributed by atoms with Gasteiger partial charge in [-0.2, -0.15) is 0 Å². The number of carbonyl (C=O) groups is 2. The molecule has 0 aromatic rings. The second-order valence-electron chi connectivity index (χ2n) is 6.06. The van der Waals surface area contributed by atoms with Gasteiger partial charge < -0.3 is 9.47 Å². The molecule has 0 aromatic heterocycles. The standard InChI is InChI=1S/C15H28O4/c1-6-8-13(16)18-11-12(10-15(3,4)5)19-14(17)9-7-2/h12H,6-11H2,1-5H3. The molecule has 1 atom stereocenters. The lowest BCUT2D eigenvalue weighted by molar-refractivity contribution is -0.160. The molecule has 0 heterocycles. The summed E-state index contributed by atoms with van der Waals surface area (Å²) in [6.07, 6.45) is 2.67. The first-order chi connectivity index (χ1) is 8.78. The van der Waals surface area contributed by atoms with Crippen molar-refractivity contribution >= 4 is 11.9 Å². The predicted octanol–water partition coefficient (Wildman–Crippen LogP) is 3.48. The van der Waals surface area contributed by atoms with Gasteiger partial charge in [0.15, 0.2) is 0 Å². The number of carbonyl (C=O) groups excluding carboxylic acids is 2. The zero-order valence-corrected chi connectivity index (χ0v) is 13.0. The van der Waals surface area contributed by atoms with Gasteiger partial charge in [0.25, 0.3) is 0 Å². The third-order valence-electron chi connectivity index (χ3n) is 2.48. The van der Waals surface area contributed by atoms with Crippen molar-refractivity contribution in [2.75, 3.05) is 6.61 Å². The highest BCUT2D eigenvalue weighted by atomic mass is 16.6. The molecule has 0 fully saturated rings. The first kappa shape index (κ1) is 17.9. The van der Waals surface area contributed by atoms with Crippen molar-refractivity contribution in [1.29, 1.82) is 0 Å². The van der Waals surface area contributed by atoms with Crippen LogP contribution < -0.4 is 0 Å². The van der Waals surface area contributed by atoms with E-state index < -0.39 is 0 Å². The van der Waals surface area contributed by atoms with Crippen molar-refractivity contribution in [3.8, 4) is 0 Å². The van der Waals surface area contributed by atoms with E-state index in [0.717, 1.165) is 12.8 Å². The zero-order chi connectivity index (χ0) is 14.9. The van der Waals surface area contributed by atoms with Crippen molar-refractivity contribution in [2.45, 2.75) is 72.8 Å². The van der Waals surface area contributed by atoms with E-state index in [1.54, 1.807) is 0 Å². The van der Waals surface area contributed by atoms with E-state index in [1.807, 2.05) is 13.8 Å². The van der Waals surface area contributed by atoms with Crippen LogP contribution in [0.25, 0.3) is 0 Å². The topological polar surface area (TPSA) is 52.6 Å². The third-order valence-corrected chi connectivity index (χ3v) is 2.48. The van der Waals surface area contributed by atoms with Gasteiger partial charge in [-0.05, 0) is 24.7 Å². The Labute approximate surface area is 116 Å². The summed E-state index contributed by atoms with van der Waals surface area (Å²) in [6.45, 7) is 10.2. The molecule has 0 aliphatic heterocycles. The Bertz CT molecular complexity index is 278. The molecule has 0 amide bonds. The Hall–Kier alpha value is -1.06. The predicted molar refractivity (Wildman–Crippen MR) is 74.7 cm³/mol. The van der Waals surface area contributed by atoms with Crippen LogP contribution >= 0.6 is 0 Å². The van der Waals surface area contributed by atoms with Gasteiger partial charge in [0.05, 0.1) is 0 Å². The minimum atomic E-state index is -0.347. The minimum Gasteiger partial charge on any atom is -0.462 e. The molecule has 0 aliphatic carbocycles. The fourth-order valence-corrected chi connectivity index (χ4v) is 1.73. The lowest BCUT2D eigenvalue weighted by Gasteiger charge is -2.25. The summed E-state index contributed by atoms with van der Waals surface area (Å²) in [5.74, 6) is -0.448. The average molecular weight is 272 g/mol. The molecule has 1 unspecified atom stereocenters. The smallest absolute Gasteiger partial charge is 0.306 e. The molecule has 4 heteroatoms. The lowest BCUT2D eigenvalue weighted by atomic mass is 9.89. The third kappa shape index (κ3) is 10.5. The quantitative estimate of drug-likeness (QED) is 0.635. The summed E-state index contributed by atoms with van der Waals surface area (Å²) in [5.41, 5.74) is 0.0221. The van der Waals surface area contributed by atoms with Crippen LogP contribution in [0.4, 0.5) is 0 Å². The van der Waals surface area contributed by atoms with Crippen molar-refractivity contribution in [1.82, 2.24) is 0 Å². The first-order valence-electron chi connectivity index (χ1n) is 7.13. The van der Waals surface area contributed by atoms with E-state index in [-0.39, 0.29) is 30.1 Å².